The maximum absolute atomic E-state index is 5.99. The summed E-state index contributed by atoms with van der Waals surface area (Å²) in [5.74, 6) is 1.24. The lowest BCUT2D eigenvalue weighted by Gasteiger charge is -2.20. The zero-order valence-corrected chi connectivity index (χ0v) is 12.7. The maximum Gasteiger partial charge on any atom is 0.132 e. The average molecular weight is 285 g/mol. The summed E-state index contributed by atoms with van der Waals surface area (Å²) < 4.78 is 2.21. The van der Waals surface area contributed by atoms with Crippen LogP contribution in [0.5, 0.6) is 0 Å². The van der Waals surface area contributed by atoms with Crippen molar-refractivity contribution < 1.29 is 0 Å². The van der Waals surface area contributed by atoms with E-state index in [1.807, 2.05) is 24.7 Å². The lowest BCUT2D eigenvalue weighted by Crippen LogP contribution is -2.28. The summed E-state index contributed by atoms with van der Waals surface area (Å²) >= 11 is 0. The van der Waals surface area contributed by atoms with E-state index in [4.69, 9.17) is 5.73 Å². The van der Waals surface area contributed by atoms with E-state index in [0.717, 1.165) is 24.3 Å². The first kappa shape index (κ1) is 14.1. The fourth-order valence-electron chi connectivity index (χ4n) is 3.08. The van der Waals surface area contributed by atoms with Crippen LogP contribution in [-0.2, 0) is 6.54 Å². The van der Waals surface area contributed by atoms with Crippen LogP contribution in [0.15, 0.2) is 30.9 Å². The largest absolute Gasteiger partial charge is 0.383 e. The summed E-state index contributed by atoms with van der Waals surface area (Å²) in [6, 6.07) is 4.55. The number of nitrogen functional groups attached to an aromatic ring is 1. The van der Waals surface area contributed by atoms with Crippen LogP contribution in [0.2, 0.25) is 0 Å². The smallest absolute Gasteiger partial charge is 0.132 e. The molecule has 112 valence electrons. The molecule has 1 fully saturated rings. The molecule has 3 heterocycles. The van der Waals surface area contributed by atoms with Gasteiger partial charge in [-0.05, 0) is 44.9 Å². The van der Waals surface area contributed by atoms with Crippen LogP contribution in [0.25, 0.3) is 11.3 Å². The summed E-state index contributed by atoms with van der Waals surface area (Å²) in [6.45, 7) is 7.88. The number of anilines is 1. The molecule has 5 heteroatoms. The van der Waals surface area contributed by atoms with Gasteiger partial charge < -0.3 is 15.2 Å². The second-order valence-electron chi connectivity index (χ2n) is 6.11. The summed E-state index contributed by atoms with van der Waals surface area (Å²) in [4.78, 5) is 11.0. The molecule has 1 atom stereocenters. The zero-order chi connectivity index (χ0) is 14.8. The number of pyridine rings is 1. The third-order valence-electron chi connectivity index (χ3n) is 4.33. The van der Waals surface area contributed by atoms with Crippen molar-refractivity contribution >= 4 is 5.82 Å². The Morgan fingerprint density at radius 3 is 3.00 bits per heavy atom. The van der Waals surface area contributed by atoms with Gasteiger partial charge in [0.25, 0.3) is 0 Å². The Morgan fingerprint density at radius 2 is 2.29 bits per heavy atom. The molecule has 1 aliphatic rings. The molecular formula is C16H23N5. The van der Waals surface area contributed by atoms with E-state index in [0.29, 0.717) is 17.8 Å². The minimum absolute atomic E-state index is 0.564. The van der Waals surface area contributed by atoms with Gasteiger partial charge in [-0.3, -0.25) is 0 Å². The quantitative estimate of drug-likeness (QED) is 0.936. The number of hydrogen-bond acceptors (Lipinski definition) is 4. The molecule has 2 N–H and O–H groups in total. The first-order valence-corrected chi connectivity index (χ1v) is 7.60. The normalized spacial score (nSPS) is 19.5. The van der Waals surface area contributed by atoms with Crippen molar-refractivity contribution in [3.8, 4) is 11.3 Å². The molecule has 0 aliphatic carbocycles. The molecular weight excluding hydrogens is 262 g/mol. The summed E-state index contributed by atoms with van der Waals surface area (Å²) in [7, 11) is 0. The lowest BCUT2D eigenvalue weighted by atomic mass is 10.1. The SMILES string of the molecule is CC(C)N1CCC(Cn2cncc2-c2cccnc2N)C1. The van der Waals surface area contributed by atoms with Crippen molar-refractivity contribution in [3.63, 3.8) is 0 Å². The average Bonchev–Trinajstić information content (AvgIpc) is 3.09. The molecule has 3 rings (SSSR count). The van der Waals surface area contributed by atoms with Gasteiger partial charge in [-0.2, -0.15) is 0 Å². The minimum Gasteiger partial charge on any atom is -0.383 e. The summed E-state index contributed by atoms with van der Waals surface area (Å²) in [5.41, 5.74) is 8.02. The van der Waals surface area contributed by atoms with Crippen molar-refractivity contribution in [2.45, 2.75) is 32.9 Å². The lowest BCUT2D eigenvalue weighted by molar-refractivity contribution is 0.261. The molecule has 0 radical (unpaired) electrons. The first-order valence-electron chi connectivity index (χ1n) is 7.60. The van der Waals surface area contributed by atoms with Gasteiger partial charge in [-0.15, -0.1) is 0 Å². The molecule has 1 saturated heterocycles. The fraction of sp³-hybridized carbons (Fsp3) is 0.500. The number of rotatable bonds is 4. The Balaban J connectivity index is 1.77. The van der Waals surface area contributed by atoms with Gasteiger partial charge in [0.15, 0.2) is 0 Å². The third-order valence-corrected chi connectivity index (χ3v) is 4.33. The maximum atomic E-state index is 5.99. The monoisotopic (exact) mass is 285 g/mol. The molecule has 21 heavy (non-hydrogen) atoms. The van der Waals surface area contributed by atoms with Crippen molar-refractivity contribution in [3.05, 3.63) is 30.9 Å². The third kappa shape index (κ3) is 2.93. The second kappa shape index (κ2) is 5.85. The molecule has 5 nitrogen and oxygen atoms in total. The van der Waals surface area contributed by atoms with Crippen LogP contribution in [0.1, 0.15) is 20.3 Å². The van der Waals surface area contributed by atoms with E-state index < -0.39 is 0 Å². The Morgan fingerprint density at radius 1 is 1.43 bits per heavy atom. The Hall–Kier alpha value is -1.88. The van der Waals surface area contributed by atoms with Crippen LogP contribution in [0.3, 0.4) is 0 Å². The fourth-order valence-corrected chi connectivity index (χ4v) is 3.08. The van der Waals surface area contributed by atoms with Gasteiger partial charge in [-0.25, -0.2) is 9.97 Å². The predicted molar refractivity (Wildman–Crippen MR) is 84.7 cm³/mol. The van der Waals surface area contributed by atoms with E-state index in [-0.39, 0.29) is 0 Å². The number of nitrogens with two attached hydrogens (primary N) is 1. The Kier molecular flexibility index (Phi) is 3.92. The van der Waals surface area contributed by atoms with E-state index in [1.54, 1.807) is 6.20 Å². The standard InChI is InChI=1S/C16H23N5/c1-12(2)20-7-5-13(9-20)10-21-11-18-8-15(21)14-4-3-6-19-16(14)17/h3-4,6,8,11-13H,5,7,9-10H2,1-2H3,(H2,17,19). The van der Waals surface area contributed by atoms with Crippen molar-refractivity contribution in [2.75, 3.05) is 18.8 Å². The van der Waals surface area contributed by atoms with E-state index in [9.17, 15) is 0 Å². The van der Waals surface area contributed by atoms with Gasteiger partial charge >= 0.3 is 0 Å². The van der Waals surface area contributed by atoms with Crippen molar-refractivity contribution in [2.24, 2.45) is 5.92 Å². The molecule has 1 unspecified atom stereocenters. The van der Waals surface area contributed by atoms with Crippen LogP contribution >= 0.6 is 0 Å². The van der Waals surface area contributed by atoms with Crippen LogP contribution in [0, 0.1) is 5.92 Å². The molecule has 1 aliphatic heterocycles. The van der Waals surface area contributed by atoms with Crippen LogP contribution in [-0.4, -0.2) is 38.6 Å². The molecule has 2 aromatic rings. The van der Waals surface area contributed by atoms with Gasteiger partial charge in [0.1, 0.15) is 5.82 Å². The van der Waals surface area contributed by atoms with Crippen LogP contribution in [0.4, 0.5) is 5.82 Å². The van der Waals surface area contributed by atoms with E-state index in [2.05, 4.69) is 33.3 Å². The number of imidazole rings is 1. The molecule has 0 aromatic carbocycles. The van der Waals surface area contributed by atoms with Crippen molar-refractivity contribution in [1.29, 1.82) is 0 Å². The second-order valence-corrected chi connectivity index (χ2v) is 6.11. The highest BCUT2D eigenvalue weighted by molar-refractivity contribution is 5.70. The number of hydrogen-bond donors (Lipinski definition) is 1. The van der Waals surface area contributed by atoms with E-state index >= 15 is 0 Å². The van der Waals surface area contributed by atoms with E-state index in [1.165, 1.54) is 13.0 Å². The molecule has 0 amide bonds. The topological polar surface area (TPSA) is 60.0 Å². The molecule has 2 aromatic heterocycles. The molecule has 0 bridgehead atoms. The van der Waals surface area contributed by atoms with Gasteiger partial charge in [0.2, 0.25) is 0 Å². The summed E-state index contributed by atoms with van der Waals surface area (Å²) in [6.07, 6.45) is 6.75. The predicted octanol–water partition coefficient (Wildman–Crippen LogP) is 2.26. The zero-order valence-electron chi connectivity index (χ0n) is 12.7. The van der Waals surface area contributed by atoms with Crippen molar-refractivity contribution in [1.82, 2.24) is 19.4 Å². The first-order chi connectivity index (χ1) is 10.1. The highest BCUT2D eigenvalue weighted by atomic mass is 15.2. The number of aromatic nitrogens is 3. The molecule has 0 spiro atoms. The molecule has 0 saturated carbocycles. The Bertz CT molecular complexity index is 604. The van der Waals surface area contributed by atoms with Crippen LogP contribution < -0.4 is 5.73 Å². The summed E-state index contributed by atoms with van der Waals surface area (Å²) in [5, 5.41) is 0. The minimum atomic E-state index is 0.564. The highest BCUT2D eigenvalue weighted by Crippen LogP contribution is 2.26. The number of likely N-dealkylation sites (tertiary alicyclic amines) is 1. The van der Waals surface area contributed by atoms with Gasteiger partial charge in [-0.1, -0.05) is 0 Å². The van der Waals surface area contributed by atoms with Gasteiger partial charge in [0.05, 0.1) is 18.2 Å². The van der Waals surface area contributed by atoms with Gasteiger partial charge in [0, 0.05) is 30.9 Å². The number of nitrogens with zero attached hydrogens (tertiary/aromatic N) is 4. The highest BCUT2D eigenvalue weighted by Gasteiger charge is 2.25. The Labute approximate surface area is 125 Å².